The fraction of sp³-hybridized carbons (Fsp3) is 0.389. The maximum atomic E-state index is 12.4. The summed E-state index contributed by atoms with van der Waals surface area (Å²) >= 11 is 8.87. The number of carboxylic acids is 1. The Labute approximate surface area is 170 Å². The zero-order chi connectivity index (χ0) is 19.6. The summed E-state index contributed by atoms with van der Waals surface area (Å²) in [5, 5.41) is 11.1. The van der Waals surface area contributed by atoms with Gasteiger partial charge in [0.15, 0.2) is 10.0 Å². The molecule has 1 fully saturated rings. The van der Waals surface area contributed by atoms with Gasteiger partial charge in [0.05, 0.1) is 12.1 Å². The molecule has 6 nitrogen and oxygen atoms in total. The van der Waals surface area contributed by atoms with Crippen LogP contribution in [0.25, 0.3) is 0 Å². The quantitative estimate of drug-likeness (QED) is 0.658. The number of carboxylic acid groups (broad SMARTS) is 1. The lowest BCUT2D eigenvalue weighted by atomic mass is 9.94. The standard InChI is InChI=1S/C18H20ClN3O3S2/c1-10-2-3-11(19)8-12(10)16(20)14-4-5-15(23)22(14)6-7-26-18-21-13(9-27-18)17(24)25/h2-3,8-9,14,16H,4-7,20H2,1H3,(H,24,25)/t14-,16?/m1/s1. The second-order valence-electron chi connectivity index (χ2n) is 6.37. The van der Waals surface area contributed by atoms with Crippen molar-refractivity contribution in [2.75, 3.05) is 12.3 Å². The van der Waals surface area contributed by atoms with Crippen LogP contribution >= 0.6 is 34.7 Å². The van der Waals surface area contributed by atoms with Crippen LogP contribution in [0, 0.1) is 6.92 Å². The molecule has 1 aliphatic rings. The normalized spacial score (nSPS) is 18.1. The van der Waals surface area contributed by atoms with Gasteiger partial charge in [-0.3, -0.25) is 4.79 Å². The molecular weight excluding hydrogens is 406 g/mol. The molecule has 0 spiro atoms. The van der Waals surface area contributed by atoms with E-state index < -0.39 is 5.97 Å². The number of benzene rings is 1. The number of nitrogens with two attached hydrogens (primary N) is 1. The Morgan fingerprint density at radius 3 is 3.04 bits per heavy atom. The number of carbonyl (C=O) groups is 2. The number of amides is 1. The lowest BCUT2D eigenvalue weighted by Gasteiger charge is -2.30. The third-order valence-electron chi connectivity index (χ3n) is 4.65. The Morgan fingerprint density at radius 2 is 2.33 bits per heavy atom. The molecule has 1 unspecified atom stereocenters. The molecule has 1 aromatic heterocycles. The minimum atomic E-state index is -1.03. The number of halogens is 1. The average molecular weight is 426 g/mol. The van der Waals surface area contributed by atoms with E-state index in [1.165, 1.54) is 28.5 Å². The van der Waals surface area contributed by atoms with Crippen molar-refractivity contribution >= 4 is 46.6 Å². The number of aryl methyl sites for hydroxylation is 1. The van der Waals surface area contributed by atoms with E-state index >= 15 is 0 Å². The average Bonchev–Trinajstić information content (AvgIpc) is 3.24. The second-order valence-corrected chi connectivity index (χ2v) is 9.01. The summed E-state index contributed by atoms with van der Waals surface area (Å²) < 4.78 is 0.686. The molecule has 2 heterocycles. The maximum absolute atomic E-state index is 12.4. The first-order chi connectivity index (χ1) is 12.9. The van der Waals surface area contributed by atoms with Gasteiger partial charge in [0, 0.05) is 29.1 Å². The first-order valence-electron chi connectivity index (χ1n) is 8.49. The highest BCUT2D eigenvalue weighted by atomic mass is 35.5. The number of thioether (sulfide) groups is 1. The Kier molecular flexibility index (Phi) is 6.41. The van der Waals surface area contributed by atoms with Gasteiger partial charge in [-0.2, -0.15) is 0 Å². The Balaban J connectivity index is 1.65. The molecular formula is C18H20ClN3O3S2. The van der Waals surface area contributed by atoms with Crippen molar-refractivity contribution in [2.24, 2.45) is 5.73 Å². The van der Waals surface area contributed by atoms with E-state index in [1.807, 2.05) is 30.0 Å². The van der Waals surface area contributed by atoms with Gasteiger partial charge in [-0.25, -0.2) is 9.78 Å². The second kappa shape index (κ2) is 8.60. The smallest absolute Gasteiger partial charge is 0.355 e. The van der Waals surface area contributed by atoms with Crippen LogP contribution in [0.2, 0.25) is 5.02 Å². The van der Waals surface area contributed by atoms with Gasteiger partial charge in [-0.05, 0) is 36.6 Å². The monoisotopic (exact) mass is 425 g/mol. The van der Waals surface area contributed by atoms with Crippen LogP contribution in [0.4, 0.5) is 0 Å². The van der Waals surface area contributed by atoms with Crippen molar-refractivity contribution in [2.45, 2.75) is 36.2 Å². The number of aromatic carboxylic acids is 1. The number of hydrogen-bond acceptors (Lipinski definition) is 6. The van der Waals surface area contributed by atoms with E-state index in [0.29, 0.717) is 28.1 Å². The highest BCUT2D eigenvalue weighted by molar-refractivity contribution is 8.01. The number of thiazole rings is 1. The topological polar surface area (TPSA) is 96.5 Å². The van der Waals surface area contributed by atoms with Gasteiger partial charge < -0.3 is 15.7 Å². The van der Waals surface area contributed by atoms with Crippen molar-refractivity contribution in [3.05, 3.63) is 45.4 Å². The van der Waals surface area contributed by atoms with Crippen molar-refractivity contribution in [3.63, 3.8) is 0 Å². The van der Waals surface area contributed by atoms with E-state index in [4.69, 9.17) is 22.4 Å². The van der Waals surface area contributed by atoms with Crippen molar-refractivity contribution in [1.29, 1.82) is 0 Å². The van der Waals surface area contributed by atoms with Crippen molar-refractivity contribution < 1.29 is 14.7 Å². The summed E-state index contributed by atoms with van der Waals surface area (Å²) in [6.07, 6.45) is 1.21. The molecule has 3 rings (SSSR count). The van der Waals surface area contributed by atoms with E-state index in [-0.39, 0.29) is 23.7 Å². The number of likely N-dealkylation sites (tertiary alicyclic amines) is 1. The zero-order valence-corrected chi connectivity index (χ0v) is 17.1. The summed E-state index contributed by atoms with van der Waals surface area (Å²) in [5.74, 6) is -0.298. The van der Waals surface area contributed by atoms with Crippen LogP contribution in [0.15, 0.2) is 27.9 Å². The number of carbonyl (C=O) groups excluding carboxylic acids is 1. The Morgan fingerprint density at radius 1 is 1.56 bits per heavy atom. The first-order valence-corrected chi connectivity index (χ1v) is 10.7. The van der Waals surface area contributed by atoms with E-state index in [2.05, 4.69) is 4.98 Å². The van der Waals surface area contributed by atoms with Gasteiger partial charge in [0.2, 0.25) is 5.91 Å². The summed E-state index contributed by atoms with van der Waals surface area (Å²) in [6, 6.07) is 5.29. The Bertz CT molecular complexity index is 858. The van der Waals surface area contributed by atoms with E-state index in [9.17, 15) is 9.59 Å². The van der Waals surface area contributed by atoms with Crippen LogP contribution < -0.4 is 5.73 Å². The lowest BCUT2D eigenvalue weighted by Crippen LogP contribution is -2.41. The lowest BCUT2D eigenvalue weighted by molar-refractivity contribution is -0.128. The third kappa shape index (κ3) is 4.63. The van der Waals surface area contributed by atoms with E-state index in [1.54, 1.807) is 0 Å². The molecule has 2 aromatic rings. The zero-order valence-electron chi connectivity index (χ0n) is 14.7. The molecule has 1 aliphatic heterocycles. The van der Waals surface area contributed by atoms with Crippen molar-refractivity contribution in [3.8, 4) is 0 Å². The van der Waals surface area contributed by atoms with Crippen molar-refractivity contribution in [1.82, 2.24) is 9.88 Å². The van der Waals surface area contributed by atoms with Gasteiger partial charge in [0.25, 0.3) is 0 Å². The van der Waals surface area contributed by atoms with Crippen LogP contribution in [0.1, 0.15) is 40.5 Å². The van der Waals surface area contributed by atoms with Gasteiger partial charge in [0.1, 0.15) is 0 Å². The predicted octanol–water partition coefficient (Wildman–Crippen LogP) is 3.59. The Hall–Kier alpha value is -1.61. The first kappa shape index (κ1) is 20.1. The summed E-state index contributed by atoms with van der Waals surface area (Å²) in [5.41, 5.74) is 8.58. The van der Waals surface area contributed by atoms with Crippen LogP contribution in [-0.4, -0.2) is 45.2 Å². The number of aromatic nitrogens is 1. The van der Waals surface area contributed by atoms with Crippen LogP contribution in [0.5, 0.6) is 0 Å². The van der Waals surface area contributed by atoms with Gasteiger partial charge in [-0.1, -0.05) is 29.4 Å². The van der Waals surface area contributed by atoms with Gasteiger partial charge >= 0.3 is 5.97 Å². The summed E-state index contributed by atoms with van der Waals surface area (Å²) in [7, 11) is 0. The number of nitrogens with zero attached hydrogens (tertiary/aromatic N) is 2. The van der Waals surface area contributed by atoms with Crippen LogP contribution in [-0.2, 0) is 4.79 Å². The summed E-state index contributed by atoms with van der Waals surface area (Å²) in [4.78, 5) is 29.1. The molecule has 1 saturated heterocycles. The molecule has 1 aromatic carbocycles. The molecule has 0 aliphatic carbocycles. The molecule has 9 heteroatoms. The van der Waals surface area contributed by atoms with Crippen LogP contribution in [0.3, 0.4) is 0 Å². The molecule has 27 heavy (non-hydrogen) atoms. The SMILES string of the molecule is Cc1ccc(Cl)cc1C(N)[C@H]1CCC(=O)N1CCSc1nc(C(=O)O)cs1. The minimum absolute atomic E-state index is 0.0519. The largest absolute Gasteiger partial charge is 0.476 e. The molecule has 3 N–H and O–H groups in total. The number of hydrogen-bond donors (Lipinski definition) is 2. The molecule has 0 radical (unpaired) electrons. The van der Waals surface area contributed by atoms with E-state index in [0.717, 1.165) is 17.5 Å². The molecule has 0 bridgehead atoms. The highest BCUT2D eigenvalue weighted by Crippen LogP contribution is 2.32. The fourth-order valence-electron chi connectivity index (χ4n) is 3.25. The summed E-state index contributed by atoms with van der Waals surface area (Å²) in [6.45, 7) is 2.54. The highest BCUT2D eigenvalue weighted by Gasteiger charge is 2.35. The third-order valence-corrected chi connectivity index (χ3v) is 6.89. The molecule has 0 saturated carbocycles. The fourth-order valence-corrected chi connectivity index (χ4v) is 5.24. The molecule has 2 atom stereocenters. The van der Waals surface area contributed by atoms with Gasteiger partial charge in [-0.15, -0.1) is 11.3 Å². The molecule has 1 amide bonds. The predicted molar refractivity (Wildman–Crippen MR) is 108 cm³/mol. The number of rotatable bonds is 7. The molecule has 144 valence electrons. The minimum Gasteiger partial charge on any atom is -0.476 e. The maximum Gasteiger partial charge on any atom is 0.355 e.